The van der Waals surface area contributed by atoms with Crippen molar-refractivity contribution in [2.45, 2.75) is 51.0 Å². The number of primary amides is 1. The Labute approximate surface area is 166 Å². The highest BCUT2D eigenvalue weighted by molar-refractivity contribution is 5.95. The first-order valence-electron chi connectivity index (χ1n) is 10.4. The molecule has 146 valence electrons. The Morgan fingerprint density at radius 2 is 1.64 bits per heavy atom. The zero-order valence-corrected chi connectivity index (χ0v) is 16.3. The summed E-state index contributed by atoms with van der Waals surface area (Å²) in [5.74, 6) is 0.450. The number of carbonyl (C=O) groups excluding carboxylic acids is 2. The molecule has 1 saturated carbocycles. The molecule has 0 radical (unpaired) electrons. The van der Waals surface area contributed by atoms with E-state index in [0.29, 0.717) is 23.9 Å². The third-order valence-corrected chi connectivity index (χ3v) is 6.38. The fourth-order valence-corrected chi connectivity index (χ4v) is 4.94. The van der Waals surface area contributed by atoms with Crippen molar-refractivity contribution in [1.29, 1.82) is 0 Å². The topological polar surface area (TPSA) is 63.4 Å². The van der Waals surface area contributed by atoms with Gasteiger partial charge in [0.15, 0.2) is 0 Å². The van der Waals surface area contributed by atoms with Gasteiger partial charge in [0.2, 0.25) is 5.91 Å². The number of nitrogens with zero attached hydrogens (tertiary/aromatic N) is 1. The third kappa shape index (κ3) is 3.82. The Kier molecular flexibility index (Phi) is 5.47. The molecule has 4 nitrogen and oxygen atoms in total. The number of hydrogen-bond acceptors (Lipinski definition) is 2. The highest BCUT2D eigenvalue weighted by Gasteiger charge is 2.35. The van der Waals surface area contributed by atoms with Gasteiger partial charge in [0.25, 0.3) is 5.91 Å². The van der Waals surface area contributed by atoms with E-state index in [9.17, 15) is 9.59 Å². The van der Waals surface area contributed by atoms with Crippen molar-refractivity contribution >= 4 is 11.8 Å². The van der Waals surface area contributed by atoms with Crippen LogP contribution in [-0.4, -0.2) is 29.3 Å². The summed E-state index contributed by atoms with van der Waals surface area (Å²) in [5, 5.41) is 0. The molecule has 1 aliphatic carbocycles. The number of benzene rings is 2. The van der Waals surface area contributed by atoms with E-state index in [1.807, 2.05) is 42.5 Å². The second-order valence-corrected chi connectivity index (χ2v) is 8.15. The molecule has 4 rings (SSSR count). The van der Waals surface area contributed by atoms with Crippen LogP contribution in [0.3, 0.4) is 0 Å². The van der Waals surface area contributed by atoms with Gasteiger partial charge in [-0.3, -0.25) is 9.59 Å². The van der Waals surface area contributed by atoms with E-state index in [0.717, 1.165) is 36.1 Å². The summed E-state index contributed by atoms with van der Waals surface area (Å²) >= 11 is 0. The normalized spacial score (nSPS) is 21.8. The zero-order valence-electron chi connectivity index (χ0n) is 16.3. The molecular formula is C24H28N2O2. The van der Waals surface area contributed by atoms with Crippen LogP contribution in [0.1, 0.15) is 70.4 Å². The molecule has 1 aliphatic heterocycles. The van der Waals surface area contributed by atoms with Crippen LogP contribution in [-0.2, 0) is 6.42 Å². The van der Waals surface area contributed by atoms with Gasteiger partial charge in [0.05, 0.1) is 0 Å². The largest absolute Gasteiger partial charge is 0.366 e. The van der Waals surface area contributed by atoms with Crippen molar-refractivity contribution in [3.05, 3.63) is 70.8 Å². The first-order valence-corrected chi connectivity index (χ1v) is 10.4. The van der Waals surface area contributed by atoms with E-state index in [4.69, 9.17) is 5.73 Å². The van der Waals surface area contributed by atoms with Gasteiger partial charge >= 0.3 is 0 Å². The van der Waals surface area contributed by atoms with Gasteiger partial charge in [-0.25, -0.2) is 0 Å². The van der Waals surface area contributed by atoms with Crippen molar-refractivity contribution in [2.75, 3.05) is 6.54 Å². The minimum atomic E-state index is -0.408. The molecule has 2 N–H and O–H groups in total. The molecule has 2 amide bonds. The van der Waals surface area contributed by atoms with E-state index in [1.165, 1.54) is 25.7 Å². The number of rotatable bonds is 4. The predicted molar refractivity (Wildman–Crippen MR) is 110 cm³/mol. The van der Waals surface area contributed by atoms with Gasteiger partial charge in [-0.2, -0.15) is 0 Å². The molecule has 1 saturated heterocycles. The van der Waals surface area contributed by atoms with E-state index in [2.05, 4.69) is 4.90 Å². The first-order chi connectivity index (χ1) is 13.6. The van der Waals surface area contributed by atoms with Crippen molar-refractivity contribution < 1.29 is 9.59 Å². The molecule has 0 bridgehead atoms. The van der Waals surface area contributed by atoms with E-state index in [-0.39, 0.29) is 5.91 Å². The predicted octanol–water partition coefficient (Wildman–Crippen LogP) is 4.17. The van der Waals surface area contributed by atoms with Gasteiger partial charge in [0.1, 0.15) is 0 Å². The maximum Gasteiger partial charge on any atom is 0.254 e. The van der Waals surface area contributed by atoms with Crippen LogP contribution in [0.25, 0.3) is 0 Å². The Morgan fingerprint density at radius 3 is 2.43 bits per heavy atom. The Balaban J connectivity index is 1.49. The summed E-state index contributed by atoms with van der Waals surface area (Å²) in [6.45, 7) is 0.883. The standard InChI is InChI=1S/C24H28N2O2/c25-23(27)21-9-3-1-7-20(21)16-17-11-13-19(14-12-17)24(28)26-15-5-8-18-6-2-4-10-22(18)26/h1,3,7,9,11-14,18,22H,2,4-6,8,10,15-16H2,(H2,25,27). The number of nitrogens with two attached hydrogens (primary N) is 1. The van der Waals surface area contributed by atoms with Crippen LogP contribution in [0, 0.1) is 5.92 Å². The van der Waals surface area contributed by atoms with Crippen molar-refractivity contribution in [3.8, 4) is 0 Å². The van der Waals surface area contributed by atoms with Crippen LogP contribution in [0.15, 0.2) is 48.5 Å². The number of piperidine rings is 1. The molecular weight excluding hydrogens is 348 g/mol. The highest BCUT2D eigenvalue weighted by Crippen LogP contribution is 2.36. The maximum atomic E-state index is 13.1. The Hall–Kier alpha value is -2.62. The molecule has 2 fully saturated rings. The maximum absolute atomic E-state index is 13.1. The van der Waals surface area contributed by atoms with E-state index < -0.39 is 5.91 Å². The number of carbonyl (C=O) groups is 2. The first kappa shape index (κ1) is 18.7. The molecule has 2 unspecified atom stereocenters. The summed E-state index contributed by atoms with van der Waals surface area (Å²) in [4.78, 5) is 26.9. The summed E-state index contributed by atoms with van der Waals surface area (Å²) in [6, 6.07) is 15.7. The van der Waals surface area contributed by atoms with Gasteiger partial charge in [0, 0.05) is 23.7 Å². The minimum Gasteiger partial charge on any atom is -0.366 e. The third-order valence-electron chi connectivity index (χ3n) is 6.38. The number of amides is 2. The summed E-state index contributed by atoms with van der Waals surface area (Å²) in [7, 11) is 0. The number of fused-ring (bicyclic) bond motifs is 1. The SMILES string of the molecule is NC(=O)c1ccccc1Cc1ccc(C(=O)N2CCCC3CCCCC32)cc1. The molecule has 28 heavy (non-hydrogen) atoms. The smallest absolute Gasteiger partial charge is 0.254 e. The summed E-state index contributed by atoms with van der Waals surface area (Å²) < 4.78 is 0. The second-order valence-electron chi connectivity index (χ2n) is 8.15. The fraction of sp³-hybridized carbons (Fsp3) is 0.417. The van der Waals surface area contributed by atoms with Crippen molar-refractivity contribution in [1.82, 2.24) is 4.90 Å². The molecule has 2 atom stereocenters. The van der Waals surface area contributed by atoms with Crippen LogP contribution >= 0.6 is 0 Å². The lowest BCUT2D eigenvalue weighted by Crippen LogP contribution is -2.49. The lowest BCUT2D eigenvalue weighted by molar-refractivity contribution is 0.0390. The van der Waals surface area contributed by atoms with E-state index >= 15 is 0 Å². The van der Waals surface area contributed by atoms with Crippen molar-refractivity contribution in [3.63, 3.8) is 0 Å². The molecule has 1 heterocycles. The molecule has 2 aliphatic rings. The van der Waals surface area contributed by atoms with Crippen molar-refractivity contribution in [2.24, 2.45) is 11.7 Å². The zero-order chi connectivity index (χ0) is 19.5. The van der Waals surface area contributed by atoms with Crippen LogP contribution in [0.2, 0.25) is 0 Å². The van der Waals surface area contributed by atoms with Crippen LogP contribution in [0.4, 0.5) is 0 Å². The second kappa shape index (κ2) is 8.17. The molecule has 2 aromatic carbocycles. The van der Waals surface area contributed by atoms with E-state index in [1.54, 1.807) is 6.07 Å². The summed E-state index contributed by atoms with van der Waals surface area (Å²) in [5.41, 5.74) is 8.78. The van der Waals surface area contributed by atoms with Gasteiger partial charge in [-0.15, -0.1) is 0 Å². The number of likely N-dealkylation sites (tertiary alicyclic amines) is 1. The minimum absolute atomic E-state index is 0.167. The number of hydrogen-bond donors (Lipinski definition) is 1. The quantitative estimate of drug-likeness (QED) is 0.870. The molecule has 2 aromatic rings. The average Bonchev–Trinajstić information content (AvgIpc) is 2.73. The average molecular weight is 377 g/mol. The molecule has 0 spiro atoms. The lowest BCUT2D eigenvalue weighted by Gasteiger charge is -2.44. The molecule has 4 heteroatoms. The Bertz CT molecular complexity index is 857. The Morgan fingerprint density at radius 1 is 0.929 bits per heavy atom. The van der Waals surface area contributed by atoms with Gasteiger partial charge in [-0.05, 0) is 67.3 Å². The summed E-state index contributed by atoms with van der Waals surface area (Å²) in [6.07, 6.45) is 7.99. The highest BCUT2D eigenvalue weighted by atomic mass is 16.2. The fourth-order valence-electron chi connectivity index (χ4n) is 4.94. The van der Waals surface area contributed by atoms with Crippen LogP contribution in [0.5, 0.6) is 0 Å². The monoisotopic (exact) mass is 376 g/mol. The van der Waals surface area contributed by atoms with Crippen LogP contribution < -0.4 is 5.73 Å². The lowest BCUT2D eigenvalue weighted by atomic mass is 9.78. The van der Waals surface area contributed by atoms with Gasteiger partial charge in [-0.1, -0.05) is 43.2 Å². The van der Waals surface area contributed by atoms with Gasteiger partial charge < -0.3 is 10.6 Å². The molecule has 0 aromatic heterocycles.